The lowest BCUT2D eigenvalue weighted by atomic mass is 10.1. The Balaban J connectivity index is 1.94. The Bertz CT molecular complexity index is 1300. The van der Waals surface area contributed by atoms with Gasteiger partial charge in [0, 0.05) is 11.3 Å². The molecule has 2 aromatic carbocycles. The number of ketones is 1. The summed E-state index contributed by atoms with van der Waals surface area (Å²) >= 11 is 0. The molecule has 0 aliphatic rings. The highest BCUT2D eigenvalue weighted by Gasteiger charge is 2.35. The maximum Gasteiger partial charge on any atom is 0.418 e. The number of aryl methyl sites for hydroxylation is 1. The van der Waals surface area contributed by atoms with Gasteiger partial charge in [-0.05, 0) is 44.2 Å². The molecule has 0 unspecified atom stereocenters. The zero-order chi connectivity index (χ0) is 23.7. The van der Waals surface area contributed by atoms with Gasteiger partial charge >= 0.3 is 6.18 Å². The average Bonchev–Trinajstić information content (AvgIpc) is 3.14. The van der Waals surface area contributed by atoms with Crippen LogP contribution in [0.5, 0.6) is 0 Å². The predicted molar refractivity (Wildman–Crippen MR) is 108 cm³/mol. The Labute approximate surface area is 180 Å². The van der Waals surface area contributed by atoms with Crippen molar-refractivity contribution in [3.8, 4) is 0 Å². The zero-order valence-electron chi connectivity index (χ0n) is 16.6. The fourth-order valence-corrected chi connectivity index (χ4v) is 3.87. The number of rotatable bonds is 6. The molecule has 12 heteroatoms. The van der Waals surface area contributed by atoms with Crippen LogP contribution in [0.3, 0.4) is 0 Å². The molecule has 2 N–H and O–H groups in total. The number of carbonyl (C=O) groups is 2. The van der Waals surface area contributed by atoms with Crippen LogP contribution in [-0.4, -0.2) is 25.3 Å². The Morgan fingerprint density at radius 3 is 2.41 bits per heavy atom. The number of hydrogen-bond acceptors (Lipinski definition) is 6. The molecule has 0 atom stereocenters. The van der Waals surface area contributed by atoms with E-state index in [0.29, 0.717) is 6.07 Å². The van der Waals surface area contributed by atoms with E-state index in [1.54, 1.807) is 0 Å². The number of sulfonamides is 1. The van der Waals surface area contributed by atoms with E-state index in [0.717, 1.165) is 30.5 Å². The van der Waals surface area contributed by atoms with Crippen LogP contribution in [0.15, 0.2) is 58.1 Å². The number of anilines is 2. The van der Waals surface area contributed by atoms with Crippen LogP contribution in [0, 0.1) is 6.92 Å². The number of hydrogen-bond donors (Lipinski definition) is 2. The topological polar surface area (TPSA) is 118 Å². The molecule has 0 saturated carbocycles. The third-order valence-corrected chi connectivity index (χ3v) is 5.74. The third-order valence-electron chi connectivity index (χ3n) is 4.37. The van der Waals surface area contributed by atoms with Crippen molar-refractivity contribution in [1.82, 2.24) is 5.16 Å². The molecule has 168 valence electrons. The molecular weight excluding hydrogens is 451 g/mol. The average molecular weight is 467 g/mol. The summed E-state index contributed by atoms with van der Waals surface area (Å²) in [6.45, 7) is 2.69. The van der Waals surface area contributed by atoms with Crippen molar-refractivity contribution in [2.75, 3.05) is 10.0 Å². The largest absolute Gasteiger partial charge is 0.418 e. The van der Waals surface area contributed by atoms with E-state index in [4.69, 9.17) is 4.52 Å². The molecule has 0 aliphatic heterocycles. The summed E-state index contributed by atoms with van der Waals surface area (Å²) in [5.74, 6) is -0.969. The monoisotopic (exact) mass is 467 g/mol. The number of alkyl halides is 3. The van der Waals surface area contributed by atoms with Gasteiger partial charge in [0.05, 0.1) is 22.3 Å². The lowest BCUT2D eigenvalue weighted by Gasteiger charge is -2.17. The molecule has 0 radical (unpaired) electrons. The number of benzene rings is 2. The molecule has 1 amide bonds. The molecule has 32 heavy (non-hydrogen) atoms. The van der Waals surface area contributed by atoms with Gasteiger partial charge in [0.2, 0.25) is 0 Å². The molecule has 0 aliphatic carbocycles. The van der Waals surface area contributed by atoms with Crippen molar-refractivity contribution in [2.24, 2.45) is 0 Å². The van der Waals surface area contributed by atoms with E-state index in [9.17, 15) is 31.2 Å². The third kappa shape index (κ3) is 4.97. The molecule has 0 spiro atoms. The SMILES string of the molecule is CC(=O)c1cccc(S(=O)(=O)Nc2ccc(NC(=O)c3cnoc3C)cc2C(F)(F)F)c1. The Morgan fingerprint density at radius 2 is 1.81 bits per heavy atom. The number of nitrogens with zero attached hydrogens (tertiary/aromatic N) is 1. The fraction of sp³-hybridized carbons (Fsp3) is 0.150. The zero-order valence-corrected chi connectivity index (χ0v) is 17.5. The minimum atomic E-state index is -4.94. The molecule has 0 saturated heterocycles. The van der Waals surface area contributed by atoms with Gasteiger partial charge in [0.25, 0.3) is 15.9 Å². The first-order chi connectivity index (χ1) is 14.9. The molecule has 0 fully saturated rings. The molecule has 1 heterocycles. The van der Waals surface area contributed by atoms with E-state index >= 15 is 0 Å². The van der Waals surface area contributed by atoms with Gasteiger partial charge in [0.15, 0.2) is 5.78 Å². The van der Waals surface area contributed by atoms with Gasteiger partial charge in [-0.15, -0.1) is 0 Å². The molecule has 3 aromatic rings. The van der Waals surface area contributed by atoms with Gasteiger partial charge in [0.1, 0.15) is 11.3 Å². The van der Waals surface area contributed by atoms with Gasteiger partial charge in [-0.2, -0.15) is 13.2 Å². The summed E-state index contributed by atoms with van der Waals surface area (Å²) in [6, 6.07) is 7.50. The molecule has 0 bridgehead atoms. The maximum absolute atomic E-state index is 13.6. The highest BCUT2D eigenvalue weighted by Crippen LogP contribution is 2.37. The second kappa shape index (κ2) is 8.46. The highest BCUT2D eigenvalue weighted by atomic mass is 32.2. The number of aromatic nitrogens is 1. The van der Waals surface area contributed by atoms with Gasteiger partial charge in [-0.3, -0.25) is 14.3 Å². The molecule has 8 nitrogen and oxygen atoms in total. The Morgan fingerprint density at radius 1 is 1.09 bits per heavy atom. The summed E-state index contributed by atoms with van der Waals surface area (Å²) in [5.41, 5.74) is -2.15. The van der Waals surface area contributed by atoms with Crippen molar-refractivity contribution in [1.29, 1.82) is 0 Å². The van der Waals surface area contributed by atoms with Crippen LogP contribution in [0.4, 0.5) is 24.5 Å². The molecule has 1 aromatic heterocycles. The Kier molecular flexibility index (Phi) is 6.08. The van der Waals surface area contributed by atoms with E-state index in [-0.39, 0.29) is 27.5 Å². The van der Waals surface area contributed by atoms with Gasteiger partial charge in [-0.1, -0.05) is 17.3 Å². The van der Waals surface area contributed by atoms with Crippen LogP contribution in [0.2, 0.25) is 0 Å². The smallest absolute Gasteiger partial charge is 0.361 e. The molecule has 3 rings (SSSR count). The quantitative estimate of drug-likeness (QED) is 0.523. The fourth-order valence-electron chi connectivity index (χ4n) is 2.75. The second-order valence-corrected chi connectivity index (χ2v) is 8.38. The number of amides is 1. The number of nitrogens with one attached hydrogen (secondary N) is 2. The van der Waals surface area contributed by atoms with Crippen molar-refractivity contribution in [3.63, 3.8) is 0 Å². The van der Waals surface area contributed by atoms with Crippen molar-refractivity contribution in [2.45, 2.75) is 24.9 Å². The van der Waals surface area contributed by atoms with Crippen LogP contribution < -0.4 is 10.0 Å². The van der Waals surface area contributed by atoms with E-state index in [1.165, 1.54) is 26.0 Å². The predicted octanol–water partition coefficient (Wildman–Crippen LogP) is 4.26. The summed E-state index contributed by atoms with van der Waals surface area (Å²) in [6.07, 6.45) is -3.82. The Hall–Kier alpha value is -3.67. The van der Waals surface area contributed by atoms with E-state index in [1.807, 2.05) is 4.72 Å². The number of Topliss-reactive ketones (excluding diaryl/α,β-unsaturated/α-hetero) is 1. The normalized spacial score (nSPS) is 11.8. The van der Waals surface area contributed by atoms with Gasteiger partial charge < -0.3 is 9.84 Å². The minimum absolute atomic E-state index is 0.0358. The number of carbonyl (C=O) groups excluding carboxylic acids is 2. The summed E-state index contributed by atoms with van der Waals surface area (Å²) in [4.78, 5) is 23.3. The summed E-state index contributed by atoms with van der Waals surface area (Å²) < 4.78 is 72.8. The van der Waals surface area contributed by atoms with Gasteiger partial charge in [-0.25, -0.2) is 8.42 Å². The van der Waals surface area contributed by atoms with Crippen molar-refractivity contribution < 1.29 is 35.7 Å². The highest BCUT2D eigenvalue weighted by molar-refractivity contribution is 7.92. The maximum atomic E-state index is 13.6. The number of halogens is 3. The van der Waals surface area contributed by atoms with Crippen LogP contribution in [0.1, 0.15) is 39.0 Å². The minimum Gasteiger partial charge on any atom is -0.361 e. The molecular formula is C20H16F3N3O5S. The first kappa shape index (κ1) is 23.0. The first-order valence-corrected chi connectivity index (χ1v) is 10.4. The van der Waals surface area contributed by atoms with Crippen molar-refractivity contribution >= 4 is 33.1 Å². The standard InChI is InChI=1S/C20H16F3N3O5S/c1-11(27)13-4-3-5-15(8-13)32(29,30)26-18-7-6-14(9-17(18)20(21,22)23)25-19(28)16-10-24-31-12(16)2/h3-10,26H,1-2H3,(H,25,28). The lowest BCUT2D eigenvalue weighted by Crippen LogP contribution is -2.18. The first-order valence-electron chi connectivity index (χ1n) is 8.96. The second-order valence-electron chi connectivity index (χ2n) is 6.70. The van der Waals surface area contributed by atoms with Crippen LogP contribution in [-0.2, 0) is 16.2 Å². The van der Waals surface area contributed by atoms with Crippen LogP contribution >= 0.6 is 0 Å². The van der Waals surface area contributed by atoms with E-state index in [2.05, 4.69) is 10.5 Å². The summed E-state index contributed by atoms with van der Waals surface area (Å²) in [5, 5.41) is 5.71. The van der Waals surface area contributed by atoms with Crippen LogP contribution in [0.25, 0.3) is 0 Å². The lowest BCUT2D eigenvalue weighted by molar-refractivity contribution is -0.136. The van der Waals surface area contributed by atoms with E-state index < -0.39 is 39.1 Å². The van der Waals surface area contributed by atoms with Crippen molar-refractivity contribution in [3.05, 3.63) is 71.1 Å². The summed E-state index contributed by atoms with van der Waals surface area (Å²) in [7, 11) is -4.44.